The van der Waals surface area contributed by atoms with Crippen LogP contribution in [0.25, 0.3) is 0 Å². The fourth-order valence-corrected chi connectivity index (χ4v) is 3.33. The van der Waals surface area contributed by atoms with Gasteiger partial charge in [0.2, 0.25) is 5.91 Å². The molecule has 0 aliphatic heterocycles. The summed E-state index contributed by atoms with van der Waals surface area (Å²) in [5.41, 5.74) is 1.45. The third-order valence-electron chi connectivity index (χ3n) is 4.99. The van der Waals surface area contributed by atoms with E-state index < -0.39 is 29.9 Å². The molecule has 2 amide bonds. The average Bonchev–Trinajstić information content (AvgIpc) is 2.81. The number of anilines is 1. The molecule has 3 rings (SSSR count). The van der Waals surface area contributed by atoms with E-state index in [-0.39, 0.29) is 12.2 Å². The third kappa shape index (κ3) is 5.51. The van der Waals surface area contributed by atoms with Gasteiger partial charge in [-0.05, 0) is 48.9 Å². The lowest BCUT2D eigenvalue weighted by Gasteiger charge is -2.31. The molecule has 3 N–H and O–H groups in total. The van der Waals surface area contributed by atoms with Gasteiger partial charge in [-0.1, -0.05) is 48.5 Å². The largest absolute Gasteiger partial charge is 0.508 e. The predicted molar refractivity (Wildman–Crippen MR) is 121 cm³/mol. The lowest BCUT2D eigenvalue weighted by atomic mass is 10.0. The summed E-state index contributed by atoms with van der Waals surface area (Å²) in [6, 6.07) is 20.9. The molecule has 2 atom stereocenters. The predicted octanol–water partition coefficient (Wildman–Crippen LogP) is 3.24. The SMILES string of the molecule is C[C@H](NC(=O)c1ccccc1)C(=O)N(c1ccccc1)[C@@H](Cc1ccc(O)cc1)C(=O)O. The monoisotopic (exact) mass is 432 g/mol. The van der Waals surface area contributed by atoms with Gasteiger partial charge in [0.25, 0.3) is 5.91 Å². The summed E-state index contributed by atoms with van der Waals surface area (Å²) < 4.78 is 0. The minimum atomic E-state index is -1.22. The van der Waals surface area contributed by atoms with E-state index in [0.717, 1.165) is 0 Å². The van der Waals surface area contributed by atoms with Crippen molar-refractivity contribution >= 4 is 23.5 Å². The van der Waals surface area contributed by atoms with Crippen LogP contribution in [0.1, 0.15) is 22.8 Å². The number of phenolic OH excluding ortho intramolecular Hbond substituents is 1. The number of aliphatic carboxylic acids is 1. The normalized spacial score (nSPS) is 12.4. The number of hydrogen-bond acceptors (Lipinski definition) is 4. The third-order valence-corrected chi connectivity index (χ3v) is 4.99. The molecule has 0 aliphatic rings. The summed E-state index contributed by atoms with van der Waals surface area (Å²) in [7, 11) is 0. The summed E-state index contributed by atoms with van der Waals surface area (Å²) in [4.78, 5) is 39.4. The highest BCUT2D eigenvalue weighted by atomic mass is 16.4. The Bertz CT molecular complexity index is 1070. The fourth-order valence-electron chi connectivity index (χ4n) is 3.33. The van der Waals surface area contributed by atoms with Gasteiger partial charge in [-0.2, -0.15) is 0 Å². The molecule has 3 aromatic rings. The van der Waals surface area contributed by atoms with Crippen molar-refractivity contribution in [2.75, 3.05) is 4.90 Å². The summed E-state index contributed by atoms with van der Waals surface area (Å²) in [5.74, 6) is -2.10. The molecule has 0 saturated carbocycles. The molecular formula is C25H24N2O5. The molecular weight excluding hydrogens is 408 g/mol. The Morgan fingerprint density at radius 1 is 0.875 bits per heavy atom. The summed E-state index contributed by atoms with van der Waals surface area (Å²) >= 11 is 0. The van der Waals surface area contributed by atoms with E-state index in [1.54, 1.807) is 72.8 Å². The number of carboxylic acid groups (broad SMARTS) is 1. The Morgan fingerprint density at radius 2 is 1.44 bits per heavy atom. The summed E-state index contributed by atoms with van der Waals surface area (Å²) in [6.07, 6.45) is 0.0234. The molecule has 3 aromatic carbocycles. The number of carboxylic acids is 1. The Labute approximate surface area is 185 Å². The number of rotatable bonds is 8. The number of nitrogens with one attached hydrogen (secondary N) is 1. The average molecular weight is 432 g/mol. The van der Waals surface area contributed by atoms with Gasteiger partial charge in [0, 0.05) is 17.7 Å². The minimum absolute atomic E-state index is 0.0234. The number of para-hydroxylation sites is 1. The van der Waals surface area contributed by atoms with Crippen LogP contribution >= 0.6 is 0 Å². The zero-order valence-electron chi connectivity index (χ0n) is 17.5. The smallest absolute Gasteiger partial charge is 0.327 e. The molecule has 0 radical (unpaired) electrons. The number of carbonyl (C=O) groups excluding carboxylic acids is 2. The number of hydrogen-bond donors (Lipinski definition) is 3. The lowest BCUT2D eigenvalue weighted by Crippen LogP contribution is -2.54. The fraction of sp³-hybridized carbons (Fsp3) is 0.160. The number of nitrogens with zero attached hydrogens (tertiary/aromatic N) is 1. The maximum atomic E-state index is 13.4. The Morgan fingerprint density at radius 3 is 2.00 bits per heavy atom. The molecule has 7 nitrogen and oxygen atoms in total. The van der Waals surface area contributed by atoms with Crippen LogP contribution in [-0.4, -0.2) is 40.1 Å². The zero-order chi connectivity index (χ0) is 23.1. The van der Waals surface area contributed by atoms with E-state index >= 15 is 0 Å². The molecule has 32 heavy (non-hydrogen) atoms. The number of aromatic hydroxyl groups is 1. The van der Waals surface area contributed by atoms with Crippen molar-refractivity contribution < 1.29 is 24.6 Å². The number of carbonyl (C=O) groups is 3. The van der Waals surface area contributed by atoms with E-state index in [1.165, 1.54) is 24.0 Å². The molecule has 0 fully saturated rings. The van der Waals surface area contributed by atoms with E-state index in [9.17, 15) is 24.6 Å². The number of benzene rings is 3. The Balaban J connectivity index is 1.90. The van der Waals surface area contributed by atoms with Crippen LogP contribution in [0, 0.1) is 0 Å². The highest BCUT2D eigenvalue weighted by Crippen LogP contribution is 2.22. The first-order chi connectivity index (χ1) is 15.4. The number of amides is 2. The van der Waals surface area contributed by atoms with E-state index in [1.807, 2.05) is 0 Å². The van der Waals surface area contributed by atoms with Gasteiger partial charge in [0.05, 0.1) is 0 Å². The van der Waals surface area contributed by atoms with E-state index in [0.29, 0.717) is 16.8 Å². The first-order valence-electron chi connectivity index (χ1n) is 10.1. The standard InChI is InChI=1S/C25H24N2O5/c1-17(26-23(29)19-8-4-2-5-9-19)24(30)27(20-10-6-3-7-11-20)22(25(31)32)16-18-12-14-21(28)15-13-18/h2-15,17,22,28H,16H2,1H3,(H,26,29)(H,31,32)/t17-,22-/m0/s1. The first-order valence-corrected chi connectivity index (χ1v) is 10.1. The molecule has 0 heterocycles. The van der Waals surface area contributed by atoms with Crippen molar-refractivity contribution in [2.24, 2.45) is 0 Å². The topological polar surface area (TPSA) is 107 Å². The van der Waals surface area contributed by atoms with Crippen molar-refractivity contribution in [3.05, 3.63) is 96.1 Å². The molecule has 0 aromatic heterocycles. The zero-order valence-corrected chi connectivity index (χ0v) is 17.5. The minimum Gasteiger partial charge on any atom is -0.508 e. The van der Waals surface area contributed by atoms with Gasteiger partial charge >= 0.3 is 5.97 Å². The molecule has 164 valence electrons. The van der Waals surface area contributed by atoms with E-state index in [4.69, 9.17) is 0 Å². The van der Waals surface area contributed by atoms with Crippen molar-refractivity contribution in [1.82, 2.24) is 5.32 Å². The van der Waals surface area contributed by atoms with E-state index in [2.05, 4.69) is 5.32 Å². The quantitative estimate of drug-likeness (QED) is 0.507. The van der Waals surface area contributed by atoms with Crippen LogP contribution in [0.3, 0.4) is 0 Å². The molecule has 0 unspecified atom stereocenters. The Kier molecular flexibility index (Phi) is 7.23. The van der Waals surface area contributed by atoms with Crippen LogP contribution in [0.2, 0.25) is 0 Å². The van der Waals surface area contributed by atoms with Crippen LogP contribution in [0.4, 0.5) is 5.69 Å². The Hall–Kier alpha value is -4.13. The second kappa shape index (κ2) is 10.3. The first kappa shape index (κ1) is 22.6. The van der Waals surface area contributed by atoms with Crippen molar-refractivity contribution in [1.29, 1.82) is 0 Å². The van der Waals surface area contributed by atoms with Crippen molar-refractivity contribution in [3.8, 4) is 5.75 Å². The van der Waals surface area contributed by atoms with Gasteiger partial charge in [-0.3, -0.25) is 14.5 Å². The van der Waals surface area contributed by atoms with Crippen LogP contribution in [0.15, 0.2) is 84.9 Å². The molecule has 7 heteroatoms. The number of phenols is 1. The molecule has 0 saturated heterocycles. The maximum absolute atomic E-state index is 13.4. The molecule has 0 bridgehead atoms. The summed E-state index contributed by atoms with van der Waals surface area (Å²) in [5, 5.41) is 22.1. The van der Waals surface area contributed by atoms with Gasteiger partial charge < -0.3 is 15.5 Å². The van der Waals surface area contributed by atoms with Gasteiger partial charge in [0.1, 0.15) is 17.8 Å². The highest BCUT2D eigenvalue weighted by Gasteiger charge is 2.34. The van der Waals surface area contributed by atoms with Crippen molar-refractivity contribution in [3.63, 3.8) is 0 Å². The molecule has 0 spiro atoms. The molecule has 0 aliphatic carbocycles. The van der Waals surface area contributed by atoms with Gasteiger partial charge in [0.15, 0.2) is 0 Å². The van der Waals surface area contributed by atoms with Crippen LogP contribution < -0.4 is 10.2 Å². The highest BCUT2D eigenvalue weighted by molar-refractivity contribution is 6.05. The van der Waals surface area contributed by atoms with Crippen LogP contribution in [0.5, 0.6) is 5.75 Å². The summed E-state index contributed by atoms with van der Waals surface area (Å²) in [6.45, 7) is 1.53. The lowest BCUT2D eigenvalue weighted by molar-refractivity contribution is -0.140. The second-order valence-corrected chi connectivity index (χ2v) is 7.33. The second-order valence-electron chi connectivity index (χ2n) is 7.33. The van der Waals surface area contributed by atoms with Gasteiger partial charge in [-0.25, -0.2) is 4.79 Å². The van der Waals surface area contributed by atoms with Crippen molar-refractivity contribution in [2.45, 2.75) is 25.4 Å². The van der Waals surface area contributed by atoms with Gasteiger partial charge in [-0.15, -0.1) is 0 Å². The van der Waals surface area contributed by atoms with Crippen LogP contribution in [-0.2, 0) is 16.0 Å². The maximum Gasteiger partial charge on any atom is 0.327 e.